The number of anilines is 1. The molecule has 1 aliphatic rings. The van der Waals surface area contributed by atoms with E-state index >= 15 is 0 Å². The van der Waals surface area contributed by atoms with Gasteiger partial charge in [-0.15, -0.1) is 6.42 Å². The van der Waals surface area contributed by atoms with Crippen LogP contribution in [0.15, 0.2) is 18.2 Å². The van der Waals surface area contributed by atoms with Gasteiger partial charge in [0.25, 0.3) is 0 Å². The zero-order chi connectivity index (χ0) is 14.0. The third kappa shape index (κ3) is 3.04. The number of hydrogen-bond acceptors (Lipinski definition) is 1. The molecule has 0 radical (unpaired) electrons. The molecule has 19 heavy (non-hydrogen) atoms. The lowest BCUT2D eigenvalue weighted by atomic mass is 9.97. The van der Waals surface area contributed by atoms with Crippen LogP contribution in [0, 0.1) is 18.3 Å². The smallest absolute Gasteiger partial charge is 0.370 e. The Labute approximate surface area is 111 Å². The van der Waals surface area contributed by atoms with E-state index < -0.39 is 11.7 Å². The van der Waals surface area contributed by atoms with Crippen LogP contribution in [0.25, 0.3) is 0 Å². The van der Waals surface area contributed by atoms with Crippen LogP contribution in [0.5, 0.6) is 0 Å². The molecule has 0 atom stereocenters. The van der Waals surface area contributed by atoms with Crippen LogP contribution >= 0.6 is 0 Å². The van der Waals surface area contributed by atoms with Gasteiger partial charge in [0.1, 0.15) is 0 Å². The van der Waals surface area contributed by atoms with Gasteiger partial charge in [-0.05, 0) is 37.0 Å². The Morgan fingerprint density at radius 1 is 1.26 bits per heavy atom. The molecule has 4 heteroatoms. The predicted molar refractivity (Wildman–Crippen MR) is 70.0 cm³/mol. The molecular formula is C15H16F3N. The van der Waals surface area contributed by atoms with Crippen molar-refractivity contribution in [1.82, 2.24) is 0 Å². The van der Waals surface area contributed by atoms with Gasteiger partial charge in [0.2, 0.25) is 0 Å². The molecule has 102 valence electrons. The summed E-state index contributed by atoms with van der Waals surface area (Å²) in [7, 11) is 0. The number of alkyl halides is 3. The minimum absolute atomic E-state index is 0.530. The van der Waals surface area contributed by atoms with Crippen LogP contribution in [0.2, 0.25) is 0 Å². The number of rotatable bonds is 1. The Morgan fingerprint density at radius 2 is 1.89 bits per heavy atom. The van der Waals surface area contributed by atoms with Crippen molar-refractivity contribution >= 4 is 5.69 Å². The lowest BCUT2D eigenvalue weighted by Gasteiger charge is -2.33. The van der Waals surface area contributed by atoms with E-state index in [-0.39, 0.29) is 0 Å². The van der Waals surface area contributed by atoms with Crippen molar-refractivity contribution in [2.45, 2.75) is 25.9 Å². The molecule has 0 aliphatic carbocycles. The Bertz CT molecular complexity index is 491. The summed E-state index contributed by atoms with van der Waals surface area (Å²) in [4.78, 5) is 1.96. The van der Waals surface area contributed by atoms with Crippen molar-refractivity contribution in [2.75, 3.05) is 18.0 Å². The molecule has 1 aromatic rings. The number of terminal acetylenes is 1. The minimum atomic E-state index is -4.33. The van der Waals surface area contributed by atoms with E-state index in [0.29, 0.717) is 17.2 Å². The fraction of sp³-hybridized carbons (Fsp3) is 0.467. The average molecular weight is 267 g/mol. The van der Waals surface area contributed by atoms with E-state index in [9.17, 15) is 13.2 Å². The number of nitrogens with zero attached hydrogens (tertiary/aromatic N) is 1. The summed E-state index contributed by atoms with van der Waals surface area (Å²) < 4.78 is 38.3. The Kier molecular flexibility index (Phi) is 3.75. The van der Waals surface area contributed by atoms with Crippen molar-refractivity contribution in [3.05, 3.63) is 29.3 Å². The van der Waals surface area contributed by atoms with Gasteiger partial charge in [-0.3, -0.25) is 0 Å². The second kappa shape index (κ2) is 5.16. The van der Waals surface area contributed by atoms with Crippen molar-refractivity contribution in [3.8, 4) is 12.3 Å². The number of halogens is 3. The molecule has 0 saturated carbocycles. The molecule has 0 amide bonds. The Morgan fingerprint density at radius 3 is 2.42 bits per heavy atom. The van der Waals surface area contributed by atoms with Crippen molar-refractivity contribution in [1.29, 1.82) is 0 Å². The topological polar surface area (TPSA) is 3.24 Å². The highest BCUT2D eigenvalue weighted by molar-refractivity contribution is 5.62. The minimum Gasteiger partial charge on any atom is -0.370 e. The first kappa shape index (κ1) is 13.8. The van der Waals surface area contributed by atoms with Crippen LogP contribution in [0.1, 0.15) is 30.9 Å². The normalized spacial score (nSPS) is 17.3. The van der Waals surface area contributed by atoms with E-state index in [4.69, 9.17) is 6.42 Å². The first-order chi connectivity index (χ1) is 8.91. The monoisotopic (exact) mass is 267 g/mol. The largest absolute Gasteiger partial charge is 0.416 e. The van der Waals surface area contributed by atoms with Crippen molar-refractivity contribution < 1.29 is 13.2 Å². The highest BCUT2D eigenvalue weighted by Crippen LogP contribution is 2.34. The Balaban J connectivity index is 2.35. The van der Waals surface area contributed by atoms with Gasteiger partial charge in [0.15, 0.2) is 0 Å². The zero-order valence-electron chi connectivity index (χ0n) is 10.8. The summed E-state index contributed by atoms with van der Waals surface area (Å²) >= 11 is 0. The summed E-state index contributed by atoms with van der Waals surface area (Å²) in [6, 6.07) is 3.60. The second-order valence-electron chi connectivity index (χ2n) is 5.04. The fourth-order valence-electron chi connectivity index (χ4n) is 2.34. The molecular weight excluding hydrogens is 251 g/mol. The van der Waals surface area contributed by atoms with Crippen LogP contribution in [0.4, 0.5) is 18.9 Å². The molecule has 1 aromatic carbocycles. The molecule has 1 saturated heterocycles. The third-order valence-corrected chi connectivity index (χ3v) is 3.60. The van der Waals surface area contributed by atoms with Crippen LogP contribution in [-0.2, 0) is 6.18 Å². The van der Waals surface area contributed by atoms with E-state index in [2.05, 4.69) is 12.8 Å². The highest BCUT2D eigenvalue weighted by atomic mass is 19.4. The molecule has 0 aromatic heterocycles. The van der Waals surface area contributed by atoms with Crippen LogP contribution < -0.4 is 4.90 Å². The average Bonchev–Trinajstić information content (AvgIpc) is 2.38. The van der Waals surface area contributed by atoms with Gasteiger partial charge in [-0.1, -0.05) is 12.8 Å². The fourth-order valence-corrected chi connectivity index (χ4v) is 2.34. The summed E-state index contributed by atoms with van der Waals surface area (Å²) in [5, 5.41) is 0. The molecule has 0 bridgehead atoms. The predicted octanol–water partition coefficient (Wildman–Crippen LogP) is 3.92. The first-order valence-corrected chi connectivity index (χ1v) is 6.34. The molecule has 1 heterocycles. The van der Waals surface area contributed by atoms with E-state index in [1.165, 1.54) is 12.1 Å². The summed E-state index contributed by atoms with van der Waals surface area (Å²) in [5.41, 5.74) is 0.423. The molecule has 2 rings (SSSR count). The first-order valence-electron chi connectivity index (χ1n) is 6.34. The van der Waals surface area contributed by atoms with Gasteiger partial charge in [-0.25, -0.2) is 0 Å². The third-order valence-electron chi connectivity index (χ3n) is 3.60. The highest BCUT2D eigenvalue weighted by Gasteiger charge is 2.31. The van der Waals surface area contributed by atoms with Gasteiger partial charge >= 0.3 is 6.18 Å². The van der Waals surface area contributed by atoms with Gasteiger partial charge in [0, 0.05) is 18.7 Å². The molecule has 0 N–H and O–H groups in total. The summed E-state index contributed by atoms with van der Waals surface area (Å²) in [5.74, 6) is 3.10. The maximum Gasteiger partial charge on any atom is 0.416 e. The zero-order valence-corrected chi connectivity index (χ0v) is 10.8. The lowest BCUT2D eigenvalue weighted by Crippen LogP contribution is -2.33. The van der Waals surface area contributed by atoms with Crippen molar-refractivity contribution in [3.63, 3.8) is 0 Å². The van der Waals surface area contributed by atoms with Crippen LogP contribution in [-0.4, -0.2) is 13.1 Å². The van der Waals surface area contributed by atoms with E-state index in [1.54, 1.807) is 0 Å². The quantitative estimate of drug-likeness (QED) is 0.697. The molecule has 0 unspecified atom stereocenters. The molecule has 0 spiro atoms. The maximum absolute atomic E-state index is 12.8. The summed E-state index contributed by atoms with van der Waals surface area (Å²) in [6.07, 6.45) is 3.03. The van der Waals surface area contributed by atoms with Gasteiger partial charge in [-0.2, -0.15) is 13.2 Å². The number of piperidine rings is 1. The van der Waals surface area contributed by atoms with Gasteiger partial charge < -0.3 is 4.90 Å². The maximum atomic E-state index is 12.8. The molecule has 1 aliphatic heterocycles. The number of benzene rings is 1. The SMILES string of the molecule is C#Cc1ccc(C(F)(F)F)cc1N1CCC(C)CC1. The lowest BCUT2D eigenvalue weighted by molar-refractivity contribution is -0.137. The number of hydrogen-bond donors (Lipinski definition) is 0. The molecule has 1 nitrogen and oxygen atoms in total. The van der Waals surface area contributed by atoms with Crippen LogP contribution in [0.3, 0.4) is 0 Å². The van der Waals surface area contributed by atoms with E-state index in [1.807, 2.05) is 4.90 Å². The second-order valence-corrected chi connectivity index (χ2v) is 5.04. The van der Waals surface area contributed by atoms with Crippen molar-refractivity contribution in [2.24, 2.45) is 5.92 Å². The Hall–Kier alpha value is -1.63. The summed E-state index contributed by atoms with van der Waals surface area (Å²) in [6.45, 7) is 3.68. The van der Waals surface area contributed by atoms with Gasteiger partial charge in [0.05, 0.1) is 11.3 Å². The van der Waals surface area contributed by atoms with E-state index in [0.717, 1.165) is 32.0 Å². The standard InChI is InChI=1S/C15H16F3N/c1-3-12-4-5-13(15(16,17)18)10-14(12)19-8-6-11(2)7-9-19/h1,4-5,10-11H,6-9H2,2H3. The molecule has 1 fully saturated rings.